The van der Waals surface area contributed by atoms with Crippen molar-refractivity contribution >= 4 is 57.0 Å². The van der Waals surface area contributed by atoms with Crippen LogP contribution in [0.25, 0.3) is 0 Å². The lowest BCUT2D eigenvalue weighted by molar-refractivity contribution is -0.135. The van der Waals surface area contributed by atoms with Crippen LogP contribution in [0.3, 0.4) is 0 Å². The van der Waals surface area contributed by atoms with Gasteiger partial charge in [0, 0.05) is 43.3 Å². The lowest BCUT2D eigenvalue weighted by atomic mass is 10.0. The van der Waals surface area contributed by atoms with Crippen LogP contribution in [0.5, 0.6) is 0 Å². The maximum absolute atomic E-state index is 13.7. The highest BCUT2D eigenvalue weighted by atomic mass is 33.1. The fourth-order valence-electron chi connectivity index (χ4n) is 5.16. The number of imidazole rings is 1. The third kappa shape index (κ3) is 24.9. The molecule has 2 heterocycles. The van der Waals surface area contributed by atoms with E-state index in [4.69, 9.17) is 43.6 Å². The van der Waals surface area contributed by atoms with Gasteiger partial charge in [-0.1, -0.05) is 35.4 Å². The Hall–Kier alpha value is -3.59. The van der Waals surface area contributed by atoms with E-state index in [-0.39, 0.29) is 50.1 Å². The van der Waals surface area contributed by atoms with Gasteiger partial charge in [0.05, 0.1) is 105 Å². The zero-order chi connectivity index (χ0) is 45.4. The largest absolute Gasteiger partial charge is 0.382 e. The third-order valence-electron chi connectivity index (χ3n) is 8.61. The molecule has 0 bridgehead atoms. The van der Waals surface area contributed by atoms with Gasteiger partial charge in [0.1, 0.15) is 30.2 Å². The molecule has 1 aromatic rings. The highest BCUT2D eigenvalue weighted by Crippen LogP contribution is 2.23. The van der Waals surface area contributed by atoms with Crippen LogP contribution in [-0.4, -0.2) is 193 Å². The second kappa shape index (κ2) is 33.9. The first kappa shape index (κ1) is 54.5. The third-order valence-corrected chi connectivity index (χ3v) is 11.0. The molecule has 0 unspecified atom stereocenters. The Balaban J connectivity index is 1.77. The monoisotopic (exact) mass is 922 g/mol. The first-order valence-corrected chi connectivity index (χ1v) is 23.0. The van der Waals surface area contributed by atoms with Crippen LogP contribution in [0.2, 0.25) is 0 Å². The smallest absolute Gasteiger partial charge is 0.244 e. The number of carbonyl (C=O) groups excluding carboxylic acids is 6. The van der Waals surface area contributed by atoms with E-state index in [1.54, 1.807) is 21.0 Å². The number of H-pyrrole nitrogens is 1. The highest BCUT2D eigenvalue weighted by Gasteiger charge is 2.33. The number of primary amides is 1. The van der Waals surface area contributed by atoms with Crippen LogP contribution in [0.4, 0.5) is 0 Å². The molecule has 2 rings (SSSR count). The first-order chi connectivity index (χ1) is 29.9. The van der Waals surface area contributed by atoms with E-state index in [0.29, 0.717) is 85.0 Å². The quantitative estimate of drug-likeness (QED) is 0.0341. The second-order valence-electron chi connectivity index (χ2n) is 14.0. The van der Waals surface area contributed by atoms with Gasteiger partial charge in [-0.3, -0.25) is 28.8 Å². The summed E-state index contributed by atoms with van der Waals surface area (Å²) in [7, 11) is 3.92. The lowest BCUT2D eigenvalue weighted by Gasteiger charge is -2.26. The van der Waals surface area contributed by atoms with Crippen molar-refractivity contribution in [3.05, 3.63) is 18.2 Å². The molecule has 0 aromatic carbocycles. The van der Waals surface area contributed by atoms with E-state index in [2.05, 4.69) is 36.6 Å². The molecule has 0 aliphatic carbocycles. The van der Waals surface area contributed by atoms with Gasteiger partial charge >= 0.3 is 0 Å². The Morgan fingerprint density at radius 2 is 1.23 bits per heavy atom. The number of amides is 6. The van der Waals surface area contributed by atoms with Gasteiger partial charge in [-0.15, -0.1) is 0 Å². The summed E-state index contributed by atoms with van der Waals surface area (Å²) in [6, 6.07) is -5.57. The van der Waals surface area contributed by atoms with Crippen LogP contribution >= 0.6 is 21.6 Å². The van der Waals surface area contributed by atoms with E-state index >= 15 is 0 Å². The molecule has 8 N–H and O–H groups in total. The van der Waals surface area contributed by atoms with E-state index in [9.17, 15) is 28.8 Å². The van der Waals surface area contributed by atoms with E-state index in [0.717, 1.165) is 21.6 Å². The van der Waals surface area contributed by atoms with E-state index in [1.807, 2.05) is 0 Å². The maximum atomic E-state index is 13.7. The molecule has 0 saturated carbocycles. The van der Waals surface area contributed by atoms with Crippen LogP contribution in [0.1, 0.15) is 32.9 Å². The van der Waals surface area contributed by atoms with E-state index in [1.165, 1.54) is 19.4 Å². The van der Waals surface area contributed by atoms with E-state index < -0.39 is 65.7 Å². The number of nitrogens with zero attached hydrogens (tertiary/aromatic N) is 1. The maximum Gasteiger partial charge on any atom is 0.244 e. The molecule has 0 spiro atoms. The number of rotatable bonds is 29. The number of hydrogen-bond donors (Lipinski definition) is 7. The Morgan fingerprint density at radius 1 is 0.710 bits per heavy atom. The topological polar surface area (TPSA) is 291 Å². The van der Waals surface area contributed by atoms with Crippen molar-refractivity contribution in [1.29, 1.82) is 0 Å². The Morgan fingerprint density at radius 3 is 1.71 bits per heavy atom. The van der Waals surface area contributed by atoms with Crippen molar-refractivity contribution in [3.8, 4) is 0 Å². The summed E-state index contributed by atoms with van der Waals surface area (Å²) >= 11 is 0. The van der Waals surface area contributed by atoms with Gasteiger partial charge < -0.3 is 75.2 Å². The minimum atomic E-state index is -1.18. The van der Waals surface area contributed by atoms with Crippen molar-refractivity contribution in [1.82, 2.24) is 36.6 Å². The van der Waals surface area contributed by atoms with Crippen molar-refractivity contribution < 1.29 is 66.7 Å². The number of aromatic amines is 1. The lowest BCUT2D eigenvalue weighted by Crippen LogP contribution is -2.59. The van der Waals surface area contributed by atoms with Crippen molar-refractivity contribution in [2.45, 2.75) is 63.8 Å². The summed E-state index contributed by atoms with van der Waals surface area (Å²) in [5, 5.41) is 13.2. The van der Waals surface area contributed by atoms with Gasteiger partial charge in [-0.05, 0) is 12.8 Å². The van der Waals surface area contributed by atoms with Crippen molar-refractivity contribution in [3.63, 3.8) is 0 Å². The SMILES string of the molecule is COCCOCCOCCOCCOCCOCCOCCOCCC(=O)N[C@H]1CSSC[C@@H](C(N)=O)NC(=O)[C@H](C(C)C)NC(=O)[C@H](C)NC(=O)[C@H](Cc2cnc[nH]2)NC1=O. The molecule has 62 heavy (non-hydrogen) atoms. The number of carbonyl (C=O) groups is 6. The van der Waals surface area contributed by atoms with Gasteiger partial charge in [-0.25, -0.2) is 4.98 Å². The van der Waals surface area contributed by atoms with Gasteiger partial charge in [0.2, 0.25) is 35.4 Å². The molecule has 0 radical (unpaired) electrons. The summed E-state index contributed by atoms with van der Waals surface area (Å²) in [6.07, 6.45) is 2.82. The van der Waals surface area contributed by atoms with Crippen LogP contribution in [0, 0.1) is 5.92 Å². The van der Waals surface area contributed by atoms with Gasteiger partial charge in [0.25, 0.3) is 0 Å². The molecule has 354 valence electrons. The van der Waals surface area contributed by atoms with Crippen LogP contribution in [0.15, 0.2) is 12.5 Å². The Kier molecular flexibility index (Phi) is 29.8. The number of aromatic nitrogens is 2. The fourth-order valence-corrected chi connectivity index (χ4v) is 7.50. The molecule has 1 aliphatic heterocycles. The molecule has 1 saturated heterocycles. The Bertz CT molecular complexity index is 1430. The Labute approximate surface area is 370 Å². The summed E-state index contributed by atoms with van der Waals surface area (Å²) < 4.78 is 43.1. The first-order valence-electron chi connectivity index (χ1n) is 20.5. The molecule has 1 aromatic heterocycles. The standard InChI is InChI=1S/C38H66N8O14S2/c1-26(2)33-38(52)45-30(34(39)48)23-61-62-24-31(37(51)44-29(21-28-22-40-25-41-28)36(50)42-27(3)35(49)46-33)43-32(47)5-6-54-9-10-56-13-14-58-17-18-60-20-19-59-16-15-57-12-11-55-8-7-53-4/h22,25-27,29-31,33H,5-21,23-24H2,1-4H3,(H2,39,48)(H,40,41)(H,42,50)(H,43,47)(H,44,51)(H,45,52)(H,46,49)/t27-,29-,30-,31-,33-/m0/s1. The number of methoxy groups -OCH3 is 1. The van der Waals surface area contributed by atoms with Crippen molar-refractivity contribution in [2.75, 3.05) is 118 Å². The number of ether oxygens (including phenoxy) is 8. The number of hydrogen-bond acceptors (Lipinski definition) is 17. The summed E-state index contributed by atoms with van der Waals surface area (Å²) in [5.41, 5.74) is 6.10. The summed E-state index contributed by atoms with van der Waals surface area (Å²) in [5.74, 6) is -4.26. The van der Waals surface area contributed by atoms with Gasteiger partial charge in [-0.2, -0.15) is 0 Å². The molecular formula is C38H66N8O14S2. The summed E-state index contributed by atoms with van der Waals surface area (Å²) in [4.78, 5) is 85.7. The highest BCUT2D eigenvalue weighted by molar-refractivity contribution is 8.76. The second-order valence-corrected chi connectivity index (χ2v) is 16.5. The minimum Gasteiger partial charge on any atom is -0.382 e. The molecule has 5 atom stereocenters. The number of nitrogens with one attached hydrogen (secondary N) is 6. The minimum absolute atomic E-state index is 0.0102. The summed E-state index contributed by atoms with van der Waals surface area (Å²) in [6.45, 7) is 10.9. The molecule has 6 amide bonds. The molecular weight excluding hydrogens is 857 g/mol. The molecule has 1 fully saturated rings. The normalized spacial score (nSPS) is 20.8. The van der Waals surface area contributed by atoms with Gasteiger partial charge in [0.15, 0.2) is 0 Å². The average molecular weight is 923 g/mol. The predicted molar refractivity (Wildman–Crippen MR) is 229 cm³/mol. The number of nitrogens with two attached hydrogens (primary N) is 1. The van der Waals surface area contributed by atoms with Crippen molar-refractivity contribution in [2.24, 2.45) is 11.7 Å². The molecule has 24 heteroatoms. The molecule has 1 aliphatic rings. The fraction of sp³-hybridized carbons (Fsp3) is 0.763. The average Bonchev–Trinajstić information content (AvgIpc) is 3.75. The molecule has 22 nitrogen and oxygen atoms in total. The van der Waals surface area contributed by atoms with Crippen LogP contribution < -0.4 is 32.3 Å². The zero-order valence-electron chi connectivity index (χ0n) is 36.1. The van der Waals surface area contributed by atoms with Crippen LogP contribution in [-0.2, 0) is 73.1 Å². The predicted octanol–water partition coefficient (Wildman–Crippen LogP) is -1.91. The zero-order valence-corrected chi connectivity index (χ0v) is 37.7.